The van der Waals surface area contributed by atoms with E-state index < -0.39 is 0 Å². The minimum atomic E-state index is -0.0469. The Morgan fingerprint density at radius 3 is 2.75 bits per heavy atom. The molecule has 28 heavy (non-hydrogen) atoms. The summed E-state index contributed by atoms with van der Waals surface area (Å²) in [6, 6.07) is 7.24. The number of aryl methyl sites for hydroxylation is 1. The van der Waals surface area contributed by atoms with Crippen molar-refractivity contribution in [3.05, 3.63) is 39.9 Å². The molecule has 0 spiro atoms. The Morgan fingerprint density at radius 2 is 2.04 bits per heavy atom. The topological polar surface area (TPSA) is 65.5 Å². The first kappa shape index (κ1) is 19.2. The molecule has 1 atom stereocenters. The van der Waals surface area contributed by atoms with Crippen LogP contribution in [0.15, 0.2) is 24.3 Å². The Morgan fingerprint density at radius 1 is 1.25 bits per heavy atom. The van der Waals surface area contributed by atoms with Crippen LogP contribution in [0.4, 0.5) is 10.8 Å². The molecular formula is C20H23ClN4O2S. The van der Waals surface area contributed by atoms with Gasteiger partial charge in [-0.25, -0.2) is 4.98 Å². The number of aromatic nitrogens is 1. The smallest absolute Gasteiger partial charge is 0.227 e. The largest absolute Gasteiger partial charge is 0.345 e. The van der Waals surface area contributed by atoms with E-state index in [4.69, 9.17) is 16.6 Å². The van der Waals surface area contributed by atoms with Gasteiger partial charge in [-0.2, -0.15) is 0 Å². The van der Waals surface area contributed by atoms with Crippen molar-refractivity contribution in [2.45, 2.75) is 26.2 Å². The summed E-state index contributed by atoms with van der Waals surface area (Å²) in [4.78, 5) is 34.3. The highest BCUT2D eigenvalue weighted by Gasteiger charge is 2.29. The lowest BCUT2D eigenvalue weighted by molar-refractivity contribution is -0.129. The molecule has 1 fully saturated rings. The predicted octanol–water partition coefficient (Wildman–Crippen LogP) is 3.21. The Labute approximate surface area is 173 Å². The summed E-state index contributed by atoms with van der Waals surface area (Å²) >= 11 is 7.69. The Hall–Kier alpha value is -2.12. The van der Waals surface area contributed by atoms with Gasteiger partial charge in [-0.3, -0.25) is 9.59 Å². The molecule has 0 radical (unpaired) electrons. The van der Waals surface area contributed by atoms with Gasteiger partial charge in [-0.05, 0) is 37.5 Å². The fourth-order valence-corrected chi connectivity index (χ4v) is 5.17. The second-order valence-electron chi connectivity index (χ2n) is 7.30. The molecule has 4 rings (SSSR count). The SMILES string of the molecule is CC(=O)N1CCN(c2nc3c(s2)C[C@@H](C(=O)Nc2cccc(Cl)c2)CC3)CC1. The number of benzene rings is 1. The van der Waals surface area contributed by atoms with Crippen LogP contribution in [0.2, 0.25) is 5.02 Å². The van der Waals surface area contributed by atoms with Gasteiger partial charge < -0.3 is 15.1 Å². The summed E-state index contributed by atoms with van der Waals surface area (Å²) in [5.74, 6) is 0.124. The van der Waals surface area contributed by atoms with Gasteiger partial charge >= 0.3 is 0 Å². The number of carbonyl (C=O) groups is 2. The minimum Gasteiger partial charge on any atom is -0.345 e. The molecule has 1 saturated heterocycles. The lowest BCUT2D eigenvalue weighted by Gasteiger charge is -2.33. The highest BCUT2D eigenvalue weighted by Crippen LogP contribution is 2.35. The zero-order valence-electron chi connectivity index (χ0n) is 15.8. The summed E-state index contributed by atoms with van der Waals surface area (Å²) in [5.41, 5.74) is 1.86. The number of thiazole rings is 1. The molecule has 0 unspecified atom stereocenters. The molecule has 0 saturated carbocycles. The normalized spacial score (nSPS) is 19.3. The van der Waals surface area contributed by atoms with Crippen molar-refractivity contribution < 1.29 is 9.59 Å². The number of halogens is 1. The third kappa shape index (κ3) is 4.15. The number of nitrogens with zero attached hydrogens (tertiary/aromatic N) is 3. The number of hydrogen-bond acceptors (Lipinski definition) is 5. The number of anilines is 2. The first-order valence-corrected chi connectivity index (χ1v) is 10.7. The number of rotatable bonds is 3. The second kappa shape index (κ2) is 8.09. The standard InChI is InChI=1S/C20H23ClN4O2S/c1-13(26)24-7-9-25(10-8-24)20-23-17-6-5-14(11-18(17)28-20)19(27)22-16-4-2-3-15(21)12-16/h2-4,12,14H,5-11H2,1H3,(H,22,27)/t14-/m0/s1. The van der Waals surface area contributed by atoms with Gasteiger partial charge in [0, 0.05) is 54.6 Å². The average molecular weight is 419 g/mol. The summed E-state index contributed by atoms with van der Waals surface area (Å²) in [7, 11) is 0. The summed E-state index contributed by atoms with van der Waals surface area (Å²) < 4.78 is 0. The third-order valence-corrected chi connectivity index (χ3v) is 6.80. The van der Waals surface area contributed by atoms with E-state index in [2.05, 4.69) is 10.2 Å². The van der Waals surface area contributed by atoms with E-state index in [1.54, 1.807) is 30.4 Å². The zero-order valence-corrected chi connectivity index (χ0v) is 17.4. The van der Waals surface area contributed by atoms with Gasteiger partial charge in [-0.1, -0.05) is 17.7 Å². The molecule has 1 N–H and O–H groups in total. The molecule has 1 aliphatic carbocycles. The summed E-state index contributed by atoms with van der Waals surface area (Å²) in [6.45, 7) is 4.72. The molecule has 0 bridgehead atoms. The molecule has 1 aromatic heterocycles. The number of amides is 2. The minimum absolute atomic E-state index is 0.0398. The lowest BCUT2D eigenvalue weighted by Crippen LogP contribution is -2.48. The fourth-order valence-electron chi connectivity index (χ4n) is 3.74. The van der Waals surface area contributed by atoms with Crippen molar-refractivity contribution >= 4 is 45.6 Å². The molecule has 2 amide bonds. The molecule has 1 aliphatic heterocycles. The van der Waals surface area contributed by atoms with Crippen LogP contribution in [-0.4, -0.2) is 47.9 Å². The van der Waals surface area contributed by atoms with E-state index in [1.807, 2.05) is 17.0 Å². The molecule has 1 aromatic carbocycles. The van der Waals surface area contributed by atoms with Crippen molar-refractivity contribution in [3.8, 4) is 0 Å². The van der Waals surface area contributed by atoms with E-state index >= 15 is 0 Å². The van der Waals surface area contributed by atoms with Gasteiger partial charge in [0.05, 0.1) is 5.69 Å². The van der Waals surface area contributed by atoms with E-state index in [0.717, 1.165) is 62.0 Å². The van der Waals surface area contributed by atoms with Gasteiger partial charge in [0.15, 0.2) is 5.13 Å². The maximum absolute atomic E-state index is 12.7. The van der Waals surface area contributed by atoms with Gasteiger partial charge in [0.25, 0.3) is 0 Å². The maximum Gasteiger partial charge on any atom is 0.227 e. The summed E-state index contributed by atoms with van der Waals surface area (Å²) in [5, 5.41) is 4.61. The molecular weight excluding hydrogens is 396 g/mol. The van der Waals surface area contributed by atoms with E-state index in [9.17, 15) is 9.59 Å². The number of hydrogen-bond donors (Lipinski definition) is 1. The Bertz CT molecular complexity index is 892. The Balaban J connectivity index is 1.39. The van der Waals surface area contributed by atoms with Crippen LogP contribution in [-0.2, 0) is 22.4 Å². The van der Waals surface area contributed by atoms with Crippen LogP contribution >= 0.6 is 22.9 Å². The van der Waals surface area contributed by atoms with Crippen LogP contribution in [0.3, 0.4) is 0 Å². The summed E-state index contributed by atoms with van der Waals surface area (Å²) in [6.07, 6.45) is 2.36. The van der Waals surface area contributed by atoms with Gasteiger partial charge in [0.1, 0.15) is 0 Å². The van der Waals surface area contributed by atoms with E-state index in [1.165, 1.54) is 4.88 Å². The highest BCUT2D eigenvalue weighted by atomic mass is 35.5. The van der Waals surface area contributed by atoms with Crippen molar-refractivity contribution in [1.29, 1.82) is 0 Å². The monoisotopic (exact) mass is 418 g/mol. The van der Waals surface area contributed by atoms with E-state index in [-0.39, 0.29) is 17.7 Å². The van der Waals surface area contributed by atoms with Crippen LogP contribution in [0, 0.1) is 5.92 Å². The first-order chi connectivity index (χ1) is 13.5. The lowest BCUT2D eigenvalue weighted by atomic mass is 9.90. The van der Waals surface area contributed by atoms with Crippen molar-refractivity contribution in [2.75, 3.05) is 36.4 Å². The Kier molecular flexibility index (Phi) is 5.55. The quantitative estimate of drug-likeness (QED) is 0.831. The van der Waals surface area contributed by atoms with E-state index in [0.29, 0.717) is 5.02 Å². The van der Waals surface area contributed by atoms with Crippen LogP contribution in [0.1, 0.15) is 23.9 Å². The average Bonchev–Trinajstić information content (AvgIpc) is 3.11. The molecule has 2 heterocycles. The van der Waals surface area contributed by atoms with Crippen LogP contribution in [0.25, 0.3) is 0 Å². The molecule has 2 aliphatic rings. The number of piperazine rings is 1. The van der Waals surface area contributed by atoms with Crippen LogP contribution in [0.5, 0.6) is 0 Å². The highest BCUT2D eigenvalue weighted by molar-refractivity contribution is 7.15. The van der Waals surface area contributed by atoms with Crippen LogP contribution < -0.4 is 10.2 Å². The van der Waals surface area contributed by atoms with Gasteiger partial charge in [0.2, 0.25) is 11.8 Å². The molecule has 148 valence electrons. The van der Waals surface area contributed by atoms with Crippen molar-refractivity contribution in [3.63, 3.8) is 0 Å². The maximum atomic E-state index is 12.7. The number of fused-ring (bicyclic) bond motifs is 1. The molecule has 8 heteroatoms. The molecule has 2 aromatic rings. The number of nitrogens with one attached hydrogen (secondary N) is 1. The fraction of sp³-hybridized carbons (Fsp3) is 0.450. The van der Waals surface area contributed by atoms with Crippen molar-refractivity contribution in [2.24, 2.45) is 5.92 Å². The second-order valence-corrected chi connectivity index (χ2v) is 8.80. The van der Waals surface area contributed by atoms with Crippen molar-refractivity contribution in [1.82, 2.24) is 9.88 Å². The first-order valence-electron chi connectivity index (χ1n) is 9.55. The third-order valence-electron chi connectivity index (χ3n) is 5.39. The zero-order chi connectivity index (χ0) is 19.7. The predicted molar refractivity (Wildman–Crippen MR) is 112 cm³/mol. The number of carbonyl (C=O) groups excluding carboxylic acids is 2. The van der Waals surface area contributed by atoms with Gasteiger partial charge in [-0.15, -0.1) is 11.3 Å². The molecule has 6 nitrogen and oxygen atoms in total.